The molecule has 11 rings (SSSR count). The molecule has 2 aliphatic carbocycles. The largest absolute Gasteiger partial charge is 0.453 e. The molecule has 7 aromatic rings. The van der Waals surface area contributed by atoms with E-state index in [1.165, 1.54) is 20.3 Å². The number of nitrogens with one attached hydrogen (secondary N) is 4. The summed E-state index contributed by atoms with van der Waals surface area (Å²) in [4.78, 5) is 73.5. The van der Waals surface area contributed by atoms with Crippen molar-refractivity contribution >= 4 is 45.8 Å². The number of imidazole rings is 2. The Bertz CT molecular complexity index is 3010. The lowest BCUT2D eigenvalue weighted by atomic mass is 9.99. The van der Waals surface area contributed by atoms with Gasteiger partial charge in [-0.05, 0) is 89.4 Å². The fourth-order valence-corrected chi connectivity index (χ4v) is 10.3. The Morgan fingerprint density at radius 2 is 1.25 bits per heavy atom. The summed E-state index contributed by atoms with van der Waals surface area (Å²) in [6, 6.07) is 30.9. The van der Waals surface area contributed by atoms with Gasteiger partial charge in [-0.2, -0.15) is 0 Å². The van der Waals surface area contributed by atoms with Gasteiger partial charge >= 0.3 is 12.2 Å². The number of piperidine rings is 2. The van der Waals surface area contributed by atoms with Crippen molar-refractivity contribution < 1.29 is 33.0 Å². The Morgan fingerprint density at radius 3 is 1.83 bits per heavy atom. The SMILES string of the molecule is COC(=O)N[C@@H](C(=O)N1[C@@H]2C[C@@H]2C[C@H]1c1ncc(-c2ccc(-c3ccc4c(ccc5[nH]c([C@@H]6C[C@H]7C[C@H]7N6C(=O)[C@H](NC(=O)OC)c6ccccc6)nc54)c3)cc2F)[nH]1)c1ccccc1. The summed E-state index contributed by atoms with van der Waals surface area (Å²) in [6.45, 7) is 0. The van der Waals surface area contributed by atoms with E-state index in [0.717, 1.165) is 46.6 Å². The molecular weight excluding hydrogens is 828 g/mol. The molecule has 15 heteroatoms. The van der Waals surface area contributed by atoms with Crippen LogP contribution < -0.4 is 10.6 Å². The summed E-state index contributed by atoms with van der Waals surface area (Å²) in [7, 11) is 2.54. The van der Waals surface area contributed by atoms with Gasteiger partial charge in [0.1, 0.15) is 29.5 Å². The van der Waals surface area contributed by atoms with Crippen LogP contribution in [0.4, 0.5) is 14.0 Å². The molecule has 14 nitrogen and oxygen atoms in total. The van der Waals surface area contributed by atoms with Crippen molar-refractivity contribution in [2.45, 2.75) is 61.9 Å². The van der Waals surface area contributed by atoms with E-state index in [1.807, 2.05) is 94.7 Å². The molecule has 4 heterocycles. The van der Waals surface area contributed by atoms with Crippen molar-refractivity contribution in [1.82, 2.24) is 40.4 Å². The second-order valence-electron chi connectivity index (χ2n) is 17.5. The first kappa shape index (κ1) is 40.2. The number of ether oxygens (including phenoxy) is 2. The molecule has 0 unspecified atom stereocenters. The number of alkyl carbamates (subject to hydrolysis) is 2. The average Bonchev–Trinajstić information content (AvgIpc) is 3.95. The van der Waals surface area contributed by atoms with E-state index in [-0.39, 0.29) is 36.0 Å². The highest BCUT2D eigenvalue weighted by molar-refractivity contribution is 6.05. The van der Waals surface area contributed by atoms with Crippen LogP contribution >= 0.6 is 0 Å². The topological polar surface area (TPSA) is 175 Å². The molecule has 328 valence electrons. The van der Waals surface area contributed by atoms with E-state index >= 15 is 4.39 Å². The van der Waals surface area contributed by atoms with Crippen molar-refractivity contribution in [1.29, 1.82) is 0 Å². The fourth-order valence-electron chi connectivity index (χ4n) is 10.3. The van der Waals surface area contributed by atoms with E-state index in [2.05, 4.69) is 25.6 Å². The highest BCUT2D eigenvalue weighted by atomic mass is 19.1. The zero-order valence-corrected chi connectivity index (χ0v) is 35.5. The molecule has 2 saturated heterocycles. The maximum Gasteiger partial charge on any atom is 0.407 e. The number of hydrogen-bond donors (Lipinski definition) is 4. The van der Waals surface area contributed by atoms with Crippen molar-refractivity contribution in [3.05, 3.63) is 144 Å². The summed E-state index contributed by atoms with van der Waals surface area (Å²) >= 11 is 0. The van der Waals surface area contributed by atoms with Crippen LogP contribution in [-0.4, -0.2) is 80.0 Å². The Hall–Kier alpha value is -7.55. The Kier molecular flexibility index (Phi) is 9.85. The lowest BCUT2D eigenvalue weighted by Gasteiger charge is -2.30. The van der Waals surface area contributed by atoms with Crippen LogP contribution in [0.2, 0.25) is 0 Å². The first-order valence-corrected chi connectivity index (χ1v) is 21.9. The highest BCUT2D eigenvalue weighted by Gasteiger charge is 2.57. The van der Waals surface area contributed by atoms with Crippen molar-refractivity contribution in [2.75, 3.05) is 14.2 Å². The van der Waals surface area contributed by atoms with E-state index in [1.54, 1.807) is 24.4 Å². The number of hydrogen-bond acceptors (Lipinski definition) is 8. The summed E-state index contributed by atoms with van der Waals surface area (Å²) in [6.07, 6.45) is 3.49. The fraction of sp³-hybridized carbons (Fsp3) is 0.280. The minimum absolute atomic E-state index is 0.0335. The minimum atomic E-state index is -0.939. The van der Waals surface area contributed by atoms with Gasteiger partial charge in [0.15, 0.2) is 0 Å². The summed E-state index contributed by atoms with van der Waals surface area (Å²) in [5, 5.41) is 7.31. The van der Waals surface area contributed by atoms with E-state index in [0.29, 0.717) is 57.9 Å². The van der Waals surface area contributed by atoms with Crippen LogP contribution in [0.15, 0.2) is 115 Å². The summed E-state index contributed by atoms with van der Waals surface area (Å²) in [5.41, 5.74) is 5.30. The van der Waals surface area contributed by atoms with Crippen molar-refractivity contribution in [3.63, 3.8) is 0 Å². The van der Waals surface area contributed by atoms with Gasteiger partial charge in [0, 0.05) is 23.0 Å². The second-order valence-corrected chi connectivity index (χ2v) is 17.5. The van der Waals surface area contributed by atoms with E-state index in [9.17, 15) is 19.2 Å². The summed E-state index contributed by atoms with van der Waals surface area (Å²) in [5.74, 6) is 1.06. The normalized spacial score (nSPS) is 22.5. The zero-order valence-electron chi connectivity index (χ0n) is 35.5. The van der Waals surface area contributed by atoms with Gasteiger partial charge in [0.25, 0.3) is 11.8 Å². The molecule has 4 aliphatic rings. The van der Waals surface area contributed by atoms with Gasteiger partial charge in [0.2, 0.25) is 0 Å². The van der Waals surface area contributed by atoms with Gasteiger partial charge in [-0.1, -0.05) is 84.9 Å². The molecule has 2 saturated carbocycles. The first-order valence-electron chi connectivity index (χ1n) is 21.9. The number of methoxy groups -OCH3 is 2. The van der Waals surface area contributed by atoms with Crippen LogP contribution in [0.25, 0.3) is 44.2 Å². The third-order valence-electron chi connectivity index (χ3n) is 13.7. The monoisotopic (exact) mass is 872 g/mol. The van der Waals surface area contributed by atoms with Crippen LogP contribution in [0.5, 0.6) is 0 Å². The van der Waals surface area contributed by atoms with Crippen molar-refractivity contribution in [3.8, 4) is 22.4 Å². The number of rotatable bonds is 10. The Labute approximate surface area is 372 Å². The van der Waals surface area contributed by atoms with E-state index in [4.69, 9.17) is 14.5 Å². The number of fused-ring (bicyclic) bond motifs is 5. The number of aromatic nitrogens is 4. The molecule has 0 spiro atoms. The van der Waals surface area contributed by atoms with Crippen molar-refractivity contribution in [2.24, 2.45) is 11.8 Å². The molecule has 2 aliphatic heterocycles. The molecule has 2 aromatic heterocycles. The zero-order chi connectivity index (χ0) is 44.5. The Balaban J connectivity index is 0.830. The standard InChI is InChI=1S/C50H45FN8O6/c1-64-49(62)56-42(26-9-5-3-6-10-26)47(60)58-38-21-31(38)23-40(58)45-52-25-37(54-45)34-17-14-29(20-35(34)51)28-13-16-33-30(19-28)15-18-36-44(33)55-46(53-36)41-24-32-22-39(32)59(41)48(61)43(57-50(63)65-2)27-11-7-4-8-12-27/h3-20,25,31-32,38-43H,21-24H2,1-2H3,(H,52,54)(H,53,55)(H,56,62)(H,57,63)/t31-,32-,38-,39-,40+,41+,42-,43-/m1/s1. The predicted octanol–water partition coefficient (Wildman–Crippen LogP) is 8.43. The molecule has 0 radical (unpaired) electrons. The van der Waals surface area contributed by atoms with Gasteiger partial charge in [-0.3, -0.25) is 9.59 Å². The van der Waals surface area contributed by atoms with Crippen LogP contribution in [0, 0.1) is 17.7 Å². The van der Waals surface area contributed by atoms with Gasteiger partial charge in [-0.15, -0.1) is 0 Å². The molecule has 65 heavy (non-hydrogen) atoms. The third-order valence-corrected chi connectivity index (χ3v) is 13.7. The lowest BCUT2D eigenvalue weighted by molar-refractivity contribution is -0.136. The molecule has 0 bridgehead atoms. The predicted molar refractivity (Wildman–Crippen MR) is 238 cm³/mol. The van der Waals surface area contributed by atoms with Gasteiger partial charge in [0.05, 0.1) is 49.2 Å². The maximum atomic E-state index is 16.1. The summed E-state index contributed by atoms with van der Waals surface area (Å²) < 4.78 is 25.9. The number of H-pyrrole nitrogens is 2. The number of carbonyl (C=O) groups excluding carboxylic acids is 4. The number of benzene rings is 5. The number of carbonyl (C=O) groups is 4. The number of nitrogens with zero attached hydrogens (tertiary/aromatic N) is 4. The van der Waals surface area contributed by atoms with Crippen LogP contribution in [0.1, 0.15) is 72.6 Å². The molecule has 5 aromatic carbocycles. The second kappa shape index (κ2) is 15.9. The number of amides is 4. The smallest absolute Gasteiger partial charge is 0.407 e. The lowest BCUT2D eigenvalue weighted by Crippen LogP contribution is -2.44. The van der Waals surface area contributed by atoms with Crippen LogP contribution in [0.3, 0.4) is 0 Å². The quantitative estimate of drug-likeness (QED) is 0.106. The van der Waals surface area contributed by atoms with Crippen LogP contribution in [-0.2, 0) is 19.1 Å². The maximum absolute atomic E-state index is 16.1. The minimum Gasteiger partial charge on any atom is -0.453 e. The Morgan fingerprint density at radius 1 is 0.677 bits per heavy atom. The molecule has 8 atom stereocenters. The number of aromatic amines is 2. The average molecular weight is 873 g/mol. The first-order chi connectivity index (χ1) is 31.7. The number of likely N-dealkylation sites (tertiary alicyclic amines) is 2. The number of halogens is 1. The third kappa shape index (κ3) is 7.20. The highest BCUT2D eigenvalue weighted by Crippen LogP contribution is 2.55. The molecular formula is C50H45FN8O6. The van der Waals surface area contributed by atoms with Gasteiger partial charge in [-0.25, -0.2) is 23.9 Å². The van der Waals surface area contributed by atoms with E-state index < -0.39 is 30.1 Å². The molecule has 4 amide bonds. The van der Waals surface area contributed by atoms with Gasteiger partial charge < -0.3 is 39.9 Å². The molecule has 4 fully saturated rings. The molecule has 4 N–H and O–H groups in total.